The zero-order valence-corrected chi connectivity index (χ0v) is 11.5. The monoisotopic (exact) mass is 231 g/mol. The molecule has 3 nitrogen and oxygen atoms in total. The quantitative estimate of drug-likeness (QED) is 0.288. The first-order valence-electron chi connectivity index (χ1n) is 3.90. The van der Waals surface area contributed by atoms with E-state index in [-0.39, 0.29) is 42.8 Å². The predicted octanol–water partition coefficient (Wildman–Crippen LogP) is -3.11. The Morgan fingerprint density at radius 1 is 1.15 bits per heavy atom. The minimum atomic E-state index is 0. The summed E-state index contributed by atoms with van der Waals surface area (Å²) in [6.07, 6.45) is 1.34. The molecule has 0 aliphatic heterocycles. The summed E-state index contributed by atoms with van der Waals surface area (Å²) in [5.74, 6) is 0. The maximum absolute atomic E-state index is 8.57. The summed E-state index contributed by atoms with van der Waals surface area (Å²) >= 11 is 9.64. The van der Waals surface area contributed by atoms with Crippen LogP contribution in [0.5, 0.6) is 0 Å². The topological polar surface area (TPSA) is 43.7 Å². The summed E-state index contributed by atoms with van der Waals surface area (Å²) in [5, 5.41) is 17.1. The van der Waals surface area contributed by atoms with E-state index in [2.05, 4.69) is 0 Å². The molecule has 0 bridgehead atoms. The van der Waals surface area contributed by atoms with Crippen molar-refractivity contribution in [1.82, 2.24) is 4.90 Å². The fourth-order valence-electron chi connectivity index (χ4n) is 0.818. The van der Waals surface area contributed by atoms with Crippen LogP contribution in [0.25, 0.3) is 0 Å². The maximum Gasteiger partial charge on any atom is 1.00 e. The number of aliphatic hydroxyl groups is 2. The van der Waals surface area contributed by atoms with Crippen molar-refractivity contribution >= 4 is 29.2 Å². The summed E-state index contributed by atoms with van der Waals surface area (Å²) < 4.78 is 0.414. The Balaban J connectivity index is 0. The van der Waals surface area contributed by atoms with Crippen molar-refractivity contribution < 1.29 is 39.8 Å². The average Bonchev–Trinajstić information content (AvgIpc) is 2.04. The van der Waals surface area contributed by atoms with Gasteiger partial charge in [0, 0.05) is 26.3 Å². The van der Waals surface area contributed by atoms with Crippen molar-refractivity contribution in [3.05, 3.63) is 0 Å². The molecule has 0 spiro atoms. The molecule has 0 aliphatic carbocycles. The molecular weight excluding hydrogens is 217 g/mol. The second-order valence-corrected chi connectivity index (χ2v) is 3.44. The zero-order chi connectivity index (χ0) is 9.40. The molecule has 2 N–H and O–H groups in total. The first kappa shape index (κ1) is 16.5. The average molecular weight is 231 g/mol. The number of hydrogen-bond acceptors (Lipinski definition) is 4. The molecule has 0 unspecified atom stereocenters. The first-order chi connectivity index (χ1) is 5.72. The minimum Gasteiger partial charge on any atom is -0.411 e. The second kappa shape index (κ2) is 11.1. The fourth-order valence-corrected chi connectivity index (χ4v) is 1.18. The van der Waals surface area contributed by atoms with Crippen LogP contribution in [0.4, 0.5) is 0 Å². The molecule has 0 saturated heterocycles. The molecule has 72 valence electrons. The van der Waals surface area contributed by atoms with E-state index >= 15 is 0 Å². The molecule has 0 heterocycles. The molecule has 0 atom stereocenters. The van der Waals surface area contributed by atoms with Crippen LogP contribution in [0, 0.1) is 0 Å². The summed E-state index contributed by atoms with van der Waals surface area (Å²) in [5.41, 5.74) is 0. The van der Waals surface area contributed by atoms with Crippen molar-refractivity contribution in [2.24, 2.45) is 0 Å². The third-order valence-electron chi connectivity index (χ3n) is 1.43. The van der Waals surface area contributed by atoms with Gasteiger partial charge in [0.25, 0.3) is 0 Å². The van der Waals surface area contributed by atoms with E-state index in [1.54, 1.807) is 0 Å². The van der Waals surface area contributed by atoms with Gasteiger partial charge >= 0.3 is 29.6 Å². The van der Waals surface area contributed by atoms with Crippen molar-refractivity contribution in [2.45, 2.75) is 12.8 Å². The number of nitrogens with zero attached hydrogens (tertiary/aromatic N) is 1. The number of aliphatic hydroxyl groups excluding tert-OH is 2. The predicted molar refractivity (Wildman–Crippen MR) is 54.9 cm³/mol. The van der Waals surface area contributed by atoms with Crippen LogP contribution in [-0.2, 0) is 12.6 Å². The molecule has 0 aromatic carbocycles. The molecule has 0 aromatic rings. The van der Waals surface area contributed by atoms with Crippen LogP contribution >= 0.6 is 12.2 Å². The van der Waals surface area contributed by atoms with Crippen LogP contribution in [0.2, 0.25) is 0 Å². The Morgan fingerprint density at radius 2 is 1.54 bits per heavy atom. The van der Waals surface area contributed by atoms with Crippen LogP contribution in [0.3, 0.4) is 0 Å². The maximum atomic E-state index is 8.57. The molecule has 0 radical (unpaired) electrons. The van der Waals surface area contributed by atoms with Crippen molar-refractivity contribution in [1.29, 1.82) is 0 Å². The summed E-state index contributed by atoms with van der Waals surface area (Å²) in [6, 6.07) is 0. The van der Waals surface area contributed by atoms with Crippen molar-refractivity contribution in [3.63, 3.8) is 0 Å². The van der Waals surface area contributed by atoms with Gasteiger partial charge in [-0.25, -0.2) is 0 Å². The smallest absolute Gasteiger partial charge is 0.411 e. The Bertz CT molecular complexity index is 130. The van der Waals surface area contributed by atoms with Gasteiger partial charge in [-0.05, 0) is 12.8 Å². The summed E-state index contributed by atoms with van der Waals surface area (Å²) in [7, 11) is 0. The van der Waals surface area contributed by atoms with Crippen molar-refractivity contribution in [2.75, 3.05) is 26.3 Å². The first-order valence-corrected chi connectivity index (χ1v) is 4.71. The zero-order valence-electron chi connectivity index (χ0n) is 7.90. The van der Waals surface area contributed by atoms with Gasteiger partial charge < -0.3 is 40.0 Å². The van der Waals surface area contributed by atoms with Gasteiger partial charge in [-0.3, -0.25) is 0 Å². The van der Waals surface area contributed by atoms with E-state index in [1.807, 2.05) is 4.90 Å². The van der Waals surface area contributed by atoms with Crippen LogP contribution in [-0.4, -0.2) is 45.7 Å². The van der Waals surface area contributed by atoms with E-state index < -0.39 is 0 Å². The van der Waals surface area contributed by atoms with Gasteiger partial charge in [0.15, 0.2) is 0 Å². The summed E-state index contributed by atoms with van der Waals surface area (Å²) in [6.45, 7) is 1.65. The van der Waals surface area contributed by atoms with Gasteiger partial charge in [-0.1, -0.05) is 4.32 Å². The number of hydrogen-bond donors (Lipinski definition) is 2. The molecular formula is C7H14NNaO2S2. The molecule has 6 heteroatoms. The SMILES string of the molecule is OCCCN(CCCO)C(=S)[S-].[Na+]. The minimum absolute atomic E-state index is 0. The molecule has 0 aromatic heterocycles. The molecule has 0 saturated carbocycles. The summed E-state index contributed by atoms with van der Waals surface area (Å²) in [4.78, 5) is 1.82. The molecule has 0 fully saturated rings. The van der Waals surface area contributed by atoms with E-state index in [0.717, 1.165) is 0 Å². The Morgan fingerprint density at radius 3 is 1.77 bits per heavy atom. The van der Waals surface area contributed by atoms with Crippen LogP contribution in [0.1, 0.15) is 12.8 Å². The fraction of sp³-hybridized carbons (Fsp3) is 0.857. The molecule has 0 aliphatic rings. The Labute approximate surface area is 112 Å². The third kappa shape index (κ3) is 9.34. The standard InChI is InChI=1S/C7H15NO2S2.Na/c9-5-1-3-8(7(11)12)4-2-6-10;/h9-10H,1-6H2,(H,11,12);/q;+1/p-1. The number of thiocarbonyl (C=S) groups is 1. The third-order valence-corrected chi connectivity index (χ3v) is 1.95. The van der Waals surface area contributed by atoms with Gasteiger partial charge in [-0.2, -0.15) is 0 Å². The Hall–Kier alpha value is 1.03. The van der Waals surface area contributed by atoms with Crippen LogP contribution < -0.4 is 29.6 Å². The molecule has 0 rings (SSSR count). The molecule has 0 amide bonds. The van der Waals surface area contributed by atoms with E-state index in [1.165, 1.54) is 0 Å². The van der Waals surface area contributed by atoms with E-state index in [9.17, 15) is 0 Å². The van der Waals surface area contributed by atoms with Crippen LogP contribution in [0.15, 0.2) is 0 Å². The largest absolute Gasteiger partial charge is 1.00 e. The van der Waals surface area contributed by atoms with Gasteiger partial charge in [0.2, 0.25) is 0 Å². The van der Waals surface area contributed by atoms with E-state index in [0.29, 0.717) is 30.3 Å². The van der Waals surface area contributed by atoms with E-state index in [4.69, 9.17) is 35.1 Å². The molecule has 13 heavy (non-hydrogen) atoms. The normalized spacial score (nSPS) is 9.08. The van der Waals surface area contributed by atoms with Crippen molar-refractivity contribution in [3.8, 4) is 0 Å². The Kier molecular flexibility index (Phi) is 14.1. The van der Waals surface area contributed by atoms with Gasteiger partial charge in [0.05, 0.1) is 0 Å². The number of rotatable bonds is 6. The second-order valence-electron chi connectivity index (χ2n) is 2.41. The van der Waals surface area contributed by atoms with Gasteiger partial charge in [-0.15, -0.1) is 0 Å². The van der Waals surface area contributed by atoms with Gasteiger partial charge in [0.1, 0.15) is 0 Å².